The smallest absolute Gasteiger partial charge is 0.339 e. The summed E-state index contributed by atoms with van der Waals surface area (Å²) in [6, 6.07) is 0.536. The Morgan fingerprint density at radius 3 is 2.48 bits per heavy atom. The van der Waals surface area contributed by atoms with Gasteiger partial charge in [0.15, 0.2) is 0 Å². The SMILES string of the molecule is CC.CCN(CCCOC1=CCCC=C1C(=O)O)C(C)C. The Hall–Kier alpha value is -1.29. The Morgan fingerprint density at radius 1 is 1.33 bits per heavy atom. The standard InChI is InChI=1S/C15H25NO3.C2H6/c1-4-16(12(2)3)10-7-11-19-14-9-6-5-8-13(14)15(17)18;1-2/h8-9,12H,4-7,10-11H2,1-3H3,(H,17,18);1-2H3. The van der Waals surface area contributed by atoms with E-state index in [1.807, 2.05) is 19.9 Å². The van der Waals surface area contributed by atoms with E-state index in [2.05, 4.69) is 25.7 Å². The monoisotopic (exact) mass is 297 g/mol. The highest BCUT2D eigenvalue weighted by molar-refractivity contribution is 5.91. The fourth-order valence-corrected chi connectivity index (χ4v) is 2.21. The van der Waals surface area contributed by atoms with E-state index in [-0.39, 0.29) is 0 Å². The molecule has 4 heteroatoms. The molecule has 21 heavy (non-hydrogen) atoms. The van der Waals surface area contributed by atoms with Crippen LogP contribution in [-0.4, -0.2) is 41.7 Å². The Balaban J connectivity index is 0.00000191. The molecule has 0 saturated carbocycles. The maximum atomic E-state index is 11.0. The first-order valence-corrected chi connectivity index (χ1v) is 8.07. The highest BCUT2D eigenvalue weighted by Crippen LogP contribution is 2.20. The van der Waals surface area contributed by atoms with Crippen molar-refractivity contribution in [2.75, 3.05) is 19.7 Å². The van der Waals surface area contributed by atoms with Crippen LogP contribution in [0.5, 0.6) is 0 Å². The molecule has 0 aliphatic heterocycles. The summed E-state index contributed by atoms with van der Waals surface area (Å²) in [4.78, 5) is 13.4. The molecule has 1 aliphatic carbocycles. The van der Waals surface area contributed by atoms with Gasteiger partial charge in [-0.05, 0) is 45.7 Å². The van der Waals surface area contributed by atoms with E-state index in [0.717, 1.165) is 32.4 Å². The van der Waals surface area contributed by atoms with Crippen LogP contribution >= 0.6 is 0 Å². The van der Waals surface area contributed by atoms with Crippen molar-refractivity contribution in [3.05, 3.63) is 23.5 Å². The molecule has 0 amide bonds. The largest absolute Gasteiger partial charge is 0.493 e. The lowest BCUT2D eigenvalue weighted by molar-refractivity contribution is -0.132. The third-order valence-electron chi connectivity index (χ3n) is 3.32. The van der Waals surface area contributed by atoms with Crippen molar-refractivity contribution in [2.24, 2.45) is 0 Å². The molecule has 4 nitrogen and oxygen atoms in total. The highest BCUT2D eigenvalue weighted by Gasteiger charge is 2.17. The van der Waals surface area contributed by atoms with Crippen molar-refractivity contribution in [1.82, 2.24) is 4.90 Å². The van der Waals surface area contributed by atoms with Gasteiger partial charge in [-0.2, -0.15) is 0 Å². The van der Waals surface area contributed by atoms with E-state index < -0.39 is 5.97 Å². The zero-order valence-corrected chi connectivity index (χ0v) is 14.2. The first-order valence-electron chi connectivity index (χ1n) is 8.07. The predicted octanol–water partition coefficient (Wildman–Crippen LogP) is 3.84. The molecule has 1 aliphatic rings. The molecule has 122 valence electrons. The number of hydrogen-bond donors (Lipinski definition) is 1. The number of rotatable bonds is 8. The van der Waals surface area contributed by atoms with Gasteiger partial charge >= 0.3 is 5.97 Å². The fourth-order valence-electron chi connectivity index (χ4n) is 2.21. The van der Waals surface area contributed by atoms with Crippen molar-refractivity contribution in [3.8, 4) is 0 Å². The summed E-state index contributed by atoms with van der Waals surface area (Å²) in [6.45, 7) is 13.1. The minimum atomic E-state index is -0.900. The van der Waals surface area contributed by atoms with Crippen LogP contribution in [0.1, 0.15) is 53.9 Å². The minimum absolute atomic E-state index is 0.308. The number of carboxylic acids is 1. The number of hydrogen-bond acceptors (Lipinski definition) is 3. The van der Waals surface area contributed by atoms with Gasteiger partial charge in [-0.15, -0.1) is 0 Å². The van der Waals surface area contributed by atoms with Crippen LogP contribution in [0, 0.1) is 0 Å². The molecule has 0 bridgehead atoms. The molecule has 0 atom stereocenters. The summed E-state index contributed by atoms with van der Waals surface area (Å²) in [5.74, 6) is -0.366. The van der Waals surface area contributed by atoms with E-state index in [4.69, 9.17) is 9.84 Å². The van der Waals surface area contributed by atoms with Crippen molar-refractivity contribution < 1.29 is 14.6 Å². The van der Waals surface area contributed by atoms with Crippen LogP contribution in [0.3, 0.4) is 0 Å². The third-order valence-corrected chi connectivity index (χ3v) is 3.32. The lowest BCUT2D eigenvalue weighted by Gasteiger charge is -2.24. The average Bonchev–Trinajstić information content (AvgIpc) is 2.49. The van der Waals surface area contributed by atoms with Gasteiger partial charge in [0.2, 0.25) is 0 Å². The molecule has 1 rings (SSSR count). The molecule has 0 radical (unpaired) electrons. The Labute approximate surface area is 129 Å². The number of carbonyl (C=O) groups is 1. The second kappa shape index (κ2) is 11.4. The second-order valence-corrected chi connectivity index (χ2v) is 4.99. The maximum absolute atomic E-state index is 11.0. The molecule has 0 heterocycles. The van der Waals surface area contributed by atoms with Crippen LogP contribution in [0.25, 0.3) is 0 Å². The number of ether oxygens (including phenoxy) is 1. The first-order chi connectivity index (χ1) is 10.1. The van der Waals surface area contributed by atoms with E-state index in [0.29, 0.717) is 24.0 Å². The minimum Gasteiger partial charge on any atom is -0.493 e. The number of carboxylic acid groups (broad SMARTS) is 1. The molecule has 0 unspecified atom stereocenters. The van der Waals surface area contributed by atoms with Crippen molar-refractivity contribution in [3.63, 3.8) is 0 Å². The van der Waals surface area contributed by atoms with Crippen LogP contribution in [0.4, 0.5) is 0 Å². The molecule has 0 spiro atoms. The van der Waals surface area contributed by atoms with Crippen LogP contribution in [0.2, 0.25) is 0 Å². The molecular weight excluding hydrogens is 266 g/mol. The first kappa shape index (κ1) is 19.7. The van der Waals surface area contributed by atoms with Crippen molar-refractivity contribution in [2.45, 2.75) is 59.9 Å². The van der Waals surface area contributed by atoms with Crippen LogP contribution < -0.4 is 0 Å². The van der Waals surface area contributed by atoms with Gasteiger partial charge in [0, 0.05) is 12.6 Å². The molecular formula is C17H31NO3. The van der Waals surface area contributed by atoms with Gasteiger partial charge in [-0.3, -0.25) is 0 Å². The molecule has 0 saturated heterocycles. The molecule has 0 aromatic heterocycles. The van der Waals surface area contributed by atoms with Crippen LogP contribution in [0.15, 0.2) is 23.5 Å². The molecule has 0 fully saturated rings. The van der Waals surface area contributed by atoms with Crippen LogP contribution in [-0.2, 0) is 9.53 Å². The summed E-state index contributed by atoms with van der Waals surface area (Å²) < 4.78 is 5.62. The quantitative estimate of drug-likeness (QED) is 0.692. The fraction of sp³-hybridized carbons (Fsp3) is 0.706. The second-order valence-electron chi connectivity index (χ2n) is 4.99. The van der Waals surface area contributed by atoms with E-state index in [1.54, 1.807) is 6.08 Å². The van der Waals surface area contributed by atoms with Gasteiger partial charge in [0.05, 0.1) is 12.2 Å². The Kier molecular flexibility index (Phi) is 10.7. The molecule has 0 aromatic carbocycles. The van der Waals surface area contributed by atoms with Gasteiger partial charge in [-0.25, -0.2) is 4.79 Å². The zero-order valence-electron chi connectivity index (χ0n) is 14.2. The summed E-state index contributed by atoms with van der Waals surface area (Å²) in [5, 5.41) is 9.07. The molecule has 1 N–H and O–H groups in total. The predicted molar refractivity (Wildman–Crippen MR) is 87.3 cm³/mol. The van der Waals surface area contributed by atoms with Gasteiger partial charge in [-0.1, -0.05) is 26.8 Å². The van der Waals surface area contributed by atoms with Gasteiger partial charge < -0.3 is 14.7 Å². The normalized spacial score (nSPS) is 14.2. The van der Waals surface area contributed by atoms with Gasteiger partial charge in [0.25, 0.3) is 0 Å². The number of nitrogens with zero attached hydrogens (tertiary/aromatic N) is 1. The summed E-state index contributed by atoms with van der Waals surface area (Å²) in [6.07, 6.45) is 6.18. The van der Waals surface area contributed by atoms with Gasteiger partial charge in [0.1, 0.15) is 5.76 Å². The Morgan fingerprint density at radius 2 is 1.95 bits per heavy atom. The van der Waals surface area contributed by atoms with E-state index in [1.165, 1.54) is 0 Å². The lowest BCUT2D eigenvalue weighted by atomic mass is 10.1. The maximum Gasteiger partial charge on any atom is 0.339 e. The topological polar surface area (TPSA) is 49.8 Å². The van der Waals surface area contributed by atoms with Crippen molar-refractivity contribution >= 4 is 5.97 Å². The third kappa shape index (κ3) is 7.32. The van der Waals surface area contributed by atoms with E-state index in [9.17, 15) is 4.79 Å². The lowest BCUT2D eigenvalue weighted by Crippen LogP contribution is -2.32. The highest BCUT2D eigenvalue weighted by atomic mass is 16.5. The summed E-state index contributed by atoms with van der Waals surface area (Å²) in [7, 11) is 0. The zero-order chi connectivity index (χ0) is 16.3. The average molecular weight is 297 g/mol. The van der Waals surface area contributed by atoms with Crippen molar-refractivity contribution in [1.29, 1.82) is 0 Å². The summed E-state index contributed by atoms with van der Waals surface area (Å²) >= 11 is 0. The Bertz CT molecular complexity index is 359. The summed E-state index contributed by atoms with van der Waals surface area (Å²) in [5.41, 5.74) is 0.308. The number of allylic oxidation sites excluding steroid dienone is 2. The molecule has 0 aromatic rings. The number of aliphatic carboxylic acids is 1. The van der Waals surface area contributed by atoms with E-state index >= 15 is 0 Å².